The van der Waals surface area contributed by atoms with Crippen LogP contribution < -0.4 is 5.32 Å². The summed E-state index contributed by atoms with van der Waals surface area (Å²) in [7, 11) is 0. The molecule has 0 bridgehead atoms. The van der Waals surface area contributed by atoms with E-state index in [0.717, 1.165) is 13.0 Å². The fourth-order valence-electron chi connectivity index (χ4n) is 2.63. The van der Waals surface area contributed by atoms with Gasteiger partial charge in [-0.15, -0.1) is 11.3 Å². The van der Waals surface area contributed by atoms with Crippen LogP contribution in [0.2, 0.25) is 0 Å². The smallest absolute Gasteiger partial charge is 0.0676 e. The van der Waals surface area contributed by atoms with Gasteiger partial charge >= 0.3 is 0 Å². The van der Waals surface area contributed by atoms with Crippen molar-refractivity contribution in [3.05, 3.63) is 56.8 Å². The maximum absolute atomic E-state index is 3.65. The molecule has 1 aromatic heterocycles. The predicted molar refractivity (Wildman–Crippen MR) is 85.1 cm³/mol. The molecule has 102 valence electrons. The first-order valence-electron chi connectivity index (χ1n) is 7.05. The summed E-state index contributed by atoms with van der Waals surface area (Å²) >= 11 is 1.91. The first-order valence-corrected chi connectivity index (χ1v) is 7.87. The fraction of sp³-hybridized carbons (Fsp3) is 0.412. The molecule has 0 radical (unpaired) electrons. The molecule has 1 N–H and O–H groups in total. The van der Waals surface area contributed by atoms with E-state index in [1.54, 1.807) is 0 Å². The maximum Gasteiger partial charge on any atom is 0.0676 e. The van der Waals surface area contributed by atoms with Crippen LogP contribution in [0.3, 0.4) is 0 Å². The van der Waals surface area contributed by atoms with Gasteiger partial charge in [-0.25, -0.2) is 0 Å². The standard InChI is InChI=1S/C17H23NS/c1-5-14-9-7-8-10-15(14)16(18-6-2)17-12(3)11-13(4)19-17/h7-11,16,18H,5-6H2,1-4H3. The van der Waals surface area contributed by atoms with Gasteiger partial charge < -0.3 is 5.32 Å². The lowest BCUT2D eigenvalue weighted by atomic mass is 9.96. The van der Waals surface area contributed by atoms with E-state index < -0.39 is 0 Å². The van der Waals surface area contributed by atoms with Crippen molar-refractivity contribution in [2.24, 2.45) is 0 Å². The Morgan fingerprint density at radius 1 is 1.16 bits per heavy atom. The van der Waals surface area contributed by atoms with Crippen LogP contribution in [0.4, 0.5) is 0 Å². The first-order chi connectivity index (χ1) is 9.17. The molecule has 0 spiro atoms. The minimum Gasteiger partial charge on any atom is -0.306 e. The highest BCUT2D eigenvalue weighted by Crippen LogP contribution is 2.33. The van der Waals surface area contributed by atoms with Crippen LogP contribution in [0.5, 0.6) is 0 Å². The Morgan fingerprint density at radius 2 is 1.89 bits per heavy atom. The number of thiophene rings is 1. The largest absolute Gasteiger partial charge is 0.306 e. The summed E-state index contributed by atoms with van der Waals surface area (Å²) in [5.41, 5.74) is 4.27. The van der Waals surface area contributed by atoms with Gasteiger partial charge in [-0.3, -0.25) is 0 Å². The molecular formula is C17H23NS. The maximum atomic E-state index is 3.65. The van der Waals surface area contributed by atoms with Gasteiger partial charge in [0.1, 0.15) is 0 Å². The molecule has 19 heavy (non-hydrogen) atoms. The molecular weight excluding hydrogens is 250 g/mol. The Balaban J connectivity index is 2.48. The third-order valence-electron chi connectivity index (χ3n) is 3.50. The minimum atomic E-state index is 0.333. The topological polar surface area (TPSA) is 12.0 Å². The molecule has 2 aromatic rings. The molecule has 0 saturated carbocycles. The van der Waals surface area contributed by atoms with Crippen molar-refractivity contribution in [1.82, 2.24) is 5.32 Å². The molecule has 0 fully saturated rings. The second-order valence-electron chi connectivity index (χ2n) is 4.95. The molecule has 1 unspecified atom stereocenters. The van der Waals surface area contributed by atoms with Crippen LogP contribution in [-0.2, 0) is 6.42 Å². The summed E-state index contributed by atoms with van der Waals surface area (Å²) in [5, 5.41) is 3.65. The molecule has 1 atom stereocenters. The summed E-state index contributed by atoms with van der Waals surface area (Å²) < 4.78 is 0. The van der Waals surface area contributed by atoms with Crippen LogP contribution in [0, 0.1) is 13.8 Å². The SMILES string of the molecule is CCNC(c1ccccc1CC)c1sc(C)cc1C. The number of hydrogen-bond acceptors (Lipinski definition) is 2. The number of nitrogens with one attached hydrogen (secondary N) is 1. The number of aryl methyl sites for hydroxylation is 3. The summed E-state index contributed by atoms with van der Waals surface area (Å²) in [6.07, 6.45) is 1.08. The molecule has 1 heterocycles. The monoisotopic (exact) mass is 273 g/mol. The van der Waals surface area contributed by atoms with Crippen molar-refractivity contribution in [2.75, 3.05) is 6.54 Å². The average Bonchev–Trinajstić information content (AvgIpc) is 2.75. The Labute approximate surface area is 120 Å². The molecule has 0 aliphatic carbocycles. The van der Waals surface area contributed by atoms with Crippen LogP contribution in [0.1, 0.15) is 46.3 Å². The van der Waals surface area contributed by atoms with E-state index in [2.05, 4.69) is 63.3 Å². The number of benzene rings is 1. The Morgan fingerprint density at radius 3 is 2.47 bits per heavy atom. The second kappa shape index (κ2) is 6.36. The Bertz CT molecular complexity index is 542. The third-order valence-corrected chi connectivity index (χ3v) is 4.71. The zero-order valence-electron chi connectivity index (χ0n) is 12.3. The zero-order chi connectivity index (χ0) is 13.8. The van der Waals surface area contributed by atoms with Crippen LogP contribution in [0.25, 0.3) is 0 Å². The van der Waals surface area contributed by atoms with E-state index in [0.29, 0.717) is 6.04 Å². The van der Waals surface area contributed by atoms with Crippen molar-refractivity contribution >= 4 is 11.3 Å². The van der Waals surface area contributed by atoms with E-state index in [9.17, 15) is 0 Å². The summed E-state index contributed by atoms with van der Waals surface area (Å²) in [5.74, 6) is 0. The van der Waals surface area contributed by atoms with Gasteiger partial charge in [0.15, 0.2) is 0 Å². The van der Waals surface area contributed by atoms with E-state index in [1.807, 2.05) is 11.3 Å². The summed E-state index contributed by atoms with van der Waals surface area (Å²) in [6, 6.07) is 11.4. The zero-order valence-corrected chi connectivity index (χ0v) is 13.1. The fourth-order valence-corrected chi connectivity index (χ4v) is 3.76. The van der Waals surface area contributed by atoms with Crippen molar-refractivity contribution < 1.29 is 0 Å². The van der Waals surface area contributed by atoms with Gasteiger partial charge in [-0.2, -0.15) is 0 Å². The second-order valence-corrected chi connectivity index (χ2v) is 6.24. The Kier molecular flexibility index (Phi) is 4.78. The molecule has 2 heteroatoms. The van der Waals surface area contributed by atoms with E-state index in [1.165, 1.54) is 26.4 Å². The molecule has 1 aromatic carbocycles. The van der Waals surface area contributed by atoms with Gasteiger partial charge in [0.25, 0.3) is 0 Å². The van der Waals surface area contributed by atoms with Gasteiger partial charge in [-0.05, 0) is 49.6 Å². The van der Waals surface area contributed by atoms with E-state index >= 15 is 0 Å². The van der Waals surface area contributed by atoms with Crippen molar-refractivity contribution in [3.63, 3.8) is 0 Å². The highest BCUT2D eigenvalue weighted by Gasteiger charge is 2.19. The predicted octanol–water partition coefficient (Wildman–Crippen LogP) is 4.63. The molecule has 1 nitrogen and oxygen atoms in total. The van der Waals surface area contributed by atoms with Crippen molar-refractivity contribution in [3.8, 4) is 0 Å². The first kappa shape index (κ1) is 14.3. The third kappa shape index (κ3) is 3.07. The summed E-state index contributed by atoms with van der Waals surface area (Å²) in [6.45, 7) is 9.80. The van der Waals surface area contributed by atoms with Crippen LogP contribution in [0.15, 0.2) is 30.3 Å². The van der Waals surface area contributed by atoms with Gasteiger partial charge in [0, 0.05) is 9.75 Å². The van der Waals surface area contributed by atoms with Crippen molar-refractivity contribution in [2.45, 2.75) is 40.2 Å². The van der Waals surface area contributed by atoms with Gasteiger partial charge in [-0.1, -0.05) is 38.1 Å². The lowest BCUT2D eigenvalue weighted by molar-refractivity contribution is 0.632. The highest BCUT2D eigenvalue weighted by atomic mass is 32.1. The number of rotatable bonds is 5. The van der Waals surface area contributed by atoms with E-state index in [-0.39, 0.29) is 0 Å². The highest BCUT2D eigenvalue weighted by molar-refractivity contribution is 7.12. The van der Waals surface area contributed by atoms with Crippen molar-refractivity contribution in [1.29, 1.82) is 0 Å². The molecule has 0 saturated heterocycles. The molecule has 0 aliphatic heterocycles. The Hall–Kier alpha value is -1.12. The average molecular weight is 273 g/mol. The minimum absolute atomic E-state index is 0.333. The number of hydrogen-bond donors (Lipinski definition) is 1. The normalized spacial score (nSPS) is 12.6. The van der Waals surface area contributed by atoms with Gasteiger partial charge in [0.2, 0.25) is 0 Å². The van der Waals surface area contributed by atoms with E-state index in [4.69, 9.17) is 0 Å². The van der Waals surface area contributed by atoms with Crippen LogP contribution >= 0.6 is 11.3 Å². The summed E-state index contributed by atoms with van der Waals surface area (Å²) in [4.78, 5) is 2.85. The molecule has 0 amide bonds. The molecule has 0 aliphatic rings. The lowest BCUT2D eigenvalue weighted by Gasteiger charge is -2.21. The lowest BCUT2D eigenvalue weighted by Crippen LogP contribution is -2.22. The quantitative estimate of drug-likeness (QED) is 0.837. The molecule has 2 rings (SSSR count). The van der Waals surface area contributed by atoms with Gasteiger partial charge in [0.05, 0.1) is 6.04 Å². The van der Waals surface area contributed by atoms with Crippen LogP contribution in [-0.4, -0.2) is 6.54 Å².